The molecule has 0 heterocycles. The summed E-state index contributed by atoms with van der Waals surface area (Å²) in [6.07, 6.45) is 9.85. The van der Waals surface area contributed by atoms with Crippen molar-refractivity contribution < 1.29 is 23.7 Å². The number of unbranched alkanes of at least 4 members (excludes halogenated alkanes) is 2. The molecule has 2 aromatic rings. The largest absolute Gasteiger partial charge is 0.497 e. The number of fused-ring (bicyclic) bond motifs is 1. The minimum atomic E-state index is 0.648. The van der Waals surface area contributed by atoms with E-state index in [0.29, 0.717) is 17.9 Å². The number of ether oxygens (including phenoxy) is 5. The molecule has 5 nitrogen and oxygen atoms in total. The molecule has 0 N–H and O–H groups in total. The maximum atomic E-state index is 6.65. The van der Waals surface area contributed by atoms with Gasteiger partial charge in [-0.3, -0.25) is 0 Å². The first-order valence-electron chi connectivity index (χ1n) is 11.9. The number of allylic oxidation sites excluding steroid dienone is 1. The van der Waals surface area contributed by atoms with Gasteiger partial charge in [-0.2, -0.15) is 0 Å². The van der Waals surface area contributed by atoms with Crippen molar-refractivity contribution in [1.29, 1.82) is 0 Å². The second-order valence-corrected chi connectivity index (χ2v) is 8.18. The summed E-state index contributed by atoms with van der Waals surface area (Å²) < 4.78 is 29.1. The quantitative estimate of drug-likeness (QED) is 0.258. The van der Waals surface area contributed by atoms with Crippen molar-refractivity contribution in [2.75, 3.05) is 28.4 Å². The van der Waals surface area contributed by atoms with Crippen LogP contribution >= 0.6 is 0 Å². The molecule has 1 aliphatic carbocycles. The van der Waals surface area contributed by atoms with E-state index < -0.39 is 0 Å². The minimum Gasteiger partial charge on any atom is -0.497 e. The van der Waals surface area contributed by atoms with Crippen LogP contribution in [0.1, 0.15) is 56.2 Å². The minimum absolute atomic E-state index is 0.648. The standard InChI is InChI=1S/C29H36O5/c1-7-9-10-12-21-16-23(30-3)19-28(33-6)29(21)34-27-18-24(31-4)17-22-15-20(8-2)26(32-5)14-11-13-25(22)27/h11,15-19H,7-10,12-13H2,1-6H3/b20-15-. The third kappa shape index (κ3) is 5.78. The second-order valence-electron chi connectivity index (χ2n) is 8.18. The van der Waals surface area contributed by atoms with Crippen molar-refractivity contribution >= 4 is 6.08 Å². The Morgan fingerprint density at radius 2 is 1.56 bits per heavy atom. The molecular formula is C29H36O5. The number of hydrogen-bond acceptors (Lipinski definition) is 5. The Hall–Kier alpha value is -3.30. The topological polar surface area (TPSA) is 46.2 Å². The molecule has 0 unspecified atom stereocenters. The molecule has 5 heteroatoms. The number of rotatable bonds is 11. The van der Waals surface area contributed by atoms with Crippen molar-refractivity contribution in [3.63, 3.8) is 0 Å². The molecule has 1 aliphatic rings. The Morgan fingerprint density at radius 1 is 0.824 bits per heavy atom. The maximum Gasteiger partial charge on any atom is 0.172 e. The van der Waals surface area contributed by atoms with Crippen LogP contribution in [0.2, 0.25) is 0 Å². The Morgan fingerprint density at radius 3 is 2.21 bits per heavy atom. The van der Waals surface area contributed by atoms with Crippen molar-refractivity contribution in [3.05, 3.63) is 64.1 Å². The first-order valence-corrected chi connectivity index (χ1v) is 11.9. The summed E-state index contributed by atoms with van der Waals surface area (Å²) in [4.78, 5) is 0. The van der Waals surface area contributed by atoms with Crippen LogP contribution in [0, 0.1) is 0 Å². The highest BCUT2D eigenvalue weighted by molar-refractivity contribution is 5.67. The number of aryl methyl sites for hydroxylation is 1. The predicted octanol–water partition coefficient (Wildman–Crippen LogP) is 7.27. The molecule has 3 rings (SSSR count). The molecule has 0 fully saturated rings. The highest BCUT2D eigenvalue weighted by Gasteiger charge is 2.20. The lowest BCUT2D eigenvalue weighted by atomic mass is 9.97. The van der Waals surface area contributed by atoms with E-state index in [-0.39, 0.29) is 0 Å². The lowest BCUT2D eigenvalue weighted by molar-refractivity contribution is 0.300. The van der Waals surface area contributed by atoms with Crippen LogP contribution < -0.4 is 18.9 Å². The molecule has 0 bridgehead atoms. The van der Waals surface area contributed by atoms with Gasteiger partial charge in [-0.1, -0.05) is 32.4 Å². The smallest absolute Gasteiger partial charge is 0.172 e. The zero-order valence-electron chi connectivity index (χ0n) is 21.2. The van der Waals surface area contributed by atoms with Crippen molar-refractivity contribution in [3.8, 4) is 28.7 Å². The fourth-order valence-electron chi connectivity index (χ4n) is 4.12. The van der Waals surface area contributed by atoms with E-state index in [0.717, 1.165) is 77.4 Å². The first kappa shape index (κ1) is 25.3. The maximum absolute atomic E-state index is 6.65. The molecule has 0 aliphatic heterocycles. The Balaban J connectivity index is 2.14. The average Bonchev–Trinajstić information content (AvgIpc) is 2.85. The van der Waals surface area contributed by atoms with Gasteiger partial charge in [0.2, 0.25) is 0 Å². The molecule has 0 radical (unpaired) electrons. The molecule has 0 atom stereocenters. The van der Waals surface area contributed by atoms with Crippen LogP contribution in [-0.2, 0) is 17.6 Å². The van der Waals surface area contributed by atoms with Gasteiger partial charge in [0.25, 0.3) is 0 Å². The fourth-order valence-corrected chi connectivity index (χ4v) is 4.12. The Kier molecular flexibility index (Phi) is 9.12. The van der Waals surface area contributed by atoms with Crippen molar-refractivity contribution in [2.45, 2.75) is 52.4 Å². The zero-order valence-corrected chi connectivity index (χ0v) is 21.2. The van der Waals surface area contributed by atoms with Gasteiger partial charge in [0, 0.05) is 35.3 Å². The van der Waals surface area contributed by atoms with Gasteiger partial charge in [-0.25, -0.2) is 0 Å². The van der Waals surface area contributed by atoms with Crippen molar-refractivity contribution in [1.82, 2.24) is 0 Å². The van der Waals surface area contributed by atoms with E-state index in [2.05, 4.69) is 25.7 Å². The molecule has 34 heavy (non-hydrogen) atoms. The van der Waals surface area contributed by atoms with Gasteiger partial charge in [-0.15, -0.1) is 0 Å². The van der Waals surface area contributed by atoms with Gasteiger partial charge >= 0.3 is 0 Å². The van der Waals surface area contributed by atoms with Gasteiger partial charge in [0.05, 0.1) is 28.4 Å². The lowest BCUT2D eigenvalue weighted by Crippen LogP contribution is -2.03. The molecule has 0 aromatic heterocycles. The molecule has 0 saturated carbocycles. The highest BCUT2D eigenvalue weighted by atomic mass is 16.5. The summed E-state index contributed by atoms with van der Waals surface area (Å²) >= 11 is 0. The molecule has 0 saturated heterocycles. The predicted molar refractivity (Wildman–Crippen MR) is 136 cm³/mol. The van der Waals surface area contributed by atoms with Crippen LogP contribution in [0.5, 0.6) is 28.7 Å². The van der Waals surface area contributed by atoms with E-state index in [4.69, 9.17) is 23.7 Å². The monoisotopic (exact) mass is 464 g/mol. The summed E-state index contributed by atoms with van der Waals surface area (Å²) in [6.45, 7) is 4.31. The number of hydrogen-bond donors (Lipinski definition) is 0. The van der Waals surface area contributed by atoms with Crippen LogP contribution in [0.4, 0.5) is 0 Å². The first-order chi connectivity index (χ1) is 16.6. The van der Waals surface area contributed by atoms with E-state index >= 15 is 0 Å². The van der Waals surface area contributed by atoms with E-state index in [1.54, 1.807) is 28.4 Å². The molecule has 182 valence electrons. The average molecular weight is 465 g/mol. The van der Waals surface area contributed by atoms with Crippen molar-refractivity contribution in [2.24, 2.45) is 0 Å². The number of benzene rings is 2. The summed E-state index contributed by atoms with van der Waals surface area (Å²) in [6, 6.07) is 7.89. The SMILES string of the molecule is CCCCCc1cc(OC)cc(OC)c1Oc1cc(OC)cc2c1CC=C=C(OC)/C(CC)=C\2. The van der Waals surface area contributed by atoms with Gasteiger partial charge in [0.15, 0.2) is 17.3 Å². The Labute approximate surface area is 203 Å². The molecular weight excluding hydrogens is 428 g/mol. The molecule has 0 amide bonds. The highest BCUT2D eigenvalue weighted by Crippen LogP contribution is 2.42. The molecule has 0 spiro atoms. The van der Waals surface area contributed by atoms with E-state index in [1.165, 1.54) is 0 Å². The van der Waals surface area contributed by atoms with Crippen LogP contribution in [0.15, 0.2) is 47.4 Å². The lowest BCUT2D eigenvalue weighted by Gasteiger charge is -2.20. The van der Waals surface area contributed by atoms with Crippen LogP contribution in [0.25, 0.3) is 6.08 Å². The van der Waals surface area contributed by atoms with Gasteiger partial charge in [0.1, 0.15) is 17.2 Å². The van der Waals surface area contributed by atoms with Crippen LogP contribution in [-0.4, -0.2) is 28.4 Å². The normalized spacial score (nSPS) is 14.2. The molecule has 2 aromatic carbocycles. The zero-order chi connectivity index (χ0) is 24.5. The number of methoxy groups -OCH3 is 4. The summed E-state index contributed by atoms with van der Waals surface area (Å²) in [7, 11) is 6.67. The third-order valence-electron chi connectivity index (χ3n) is 6.02. The third-order valence-corrected chi connectivity index (χ3v) is 6.02. The summed E-state index contributed by atoms with van der Waals surface area (Å²) in [5.41, 5.74) is 7.53. The van der Waals surface area contributed by atoms with E-state index in [9.17, 15) is 0 Å². The van der Waals surface area contributed by atoms with E-state index in [1.807, 2.05) is 30.3 Å². The van der Waals surface area contributed by atoms with Gasteiger partial charge < -0.3 is 23.7 Å². The fraction of sp³-hybridized carbons (Fsp3) is 0.414. The Bertz CT molecular complexity index is 1090. The summed E-state index contributed by atoms with van der Waals surface area (Å²) in [5.74, 6) is 4.35. The van der Waals surface area contributed by atoms with Gasteiger partial charge in [-0.05, 0) is 49.1 Å². The second kappa shape index (κ2) is 12.2. The summed E-state index contributed by atoms with van der Waals surface area (Å²) in [5, 5.41) is 0. The van der Waals surface area contributed by atoms with Crippen LogP contribution in [0.3, 0.4) is 0 Å².